The summed E-state index contributed by atoms with van der Waals surface area (Å²) in [4.78, 5) is 25.3. The molecule has 0 saturated heterocycles. The van der Waals surface area contributed by atoms with Gasteiger partial charge in [0.1, 0.15) is 23.6 Å². The molecular weight excluding hydrogens is 360 g/mol. The highest BCUT2D eigenvalue weighted by Crippen LogP contribution is 2.21. The minimum absolute atomic E-state index is 0.0326. The van der Waals surface area contributed by atoms with Crippen LogP contribution in [0, 0.1) is 0 Å². The smallest absolute Gasteiger partial charge is 0.336 e. The third-order valence-electron chi connectivity index (χ3n) is 4.52. The largest absolute Gasteiger partial charge is 0.508 e. The van der Waals surface area contributed by atoms with Crippen molar-refractivity contribution in [1.82, 2.24) is 0 Å². The number of quaternary nitrogens is 1. The fraction of sp³-hybridized carbons (Fsp3) is 0.238. The Balaban J connectivity index is 1.74. The minimum Gasteiger partial charge on any atom is -0.508 e. The molecule has 3 rings (SSSR count). The summed E-state index contributed by atoms with van der Waals surface area (Å²) in [7, 11) is 1.57. The minimum atomic E-state index is -0.482. The Hall–Kier alpha value is -3.32. The first-order chi connectivity index (χ1) is 13.5. The maximum absolute atomic E-state index is 12.5. The molecule has 0 aliphatic heterocycles. The van der Waals surface area contributed by atoms with Crippen molar-refractivity contribution in [3.8, 4) is 11.5 Å². The molecule has 28 heavy (non-hydrogen) atoms. The van der Waals surface area contributed by atoms with Crippen LogP contribution in [0.3, 0.4) is 0 Å². The standard InChI is InChI=1S/C21H22N2O5/c1-3-23(13-20(25)22-15-5-4-6-17(10-15)27-2)12-14-9-21(26)28-19-11-16(24)7-8-18(14)19/h4-11,24H,3,12-13H2,1-2H3,(H,22,25)/p+1. The number of anilines is 1. The van der Waals surface area contributed by atoms with Crippen LogP contribution in [0.15, 0.2) is 57.7 Å². The predicted molar refractivity (Wildman–Crippen MR) is 106 cm³/mol. The molecule has 2 aromatic carbocycles. The maximum atomic E-state index is 12.5. The highest BCUT2D eigenvalue weighted by Gasteiger charge is 2.16. The fourth-order valence-electron chi connectivity index (χ4n) is 3.08. The van der Waals surface area contributed by atoms with Crippen LogP contribution in [0.1, 0.15) is 12.5 Å². The van der Waals surface area contributed by atoms with Gasteiger partial charge in [-0.05, 0) is 31.2 Å². The van der Waals surface area contributed by atoms with Gasteiger partial charge in [-0.1, -0.05) is 6.07 Å². The predicted octanol–water partition coefficient (Wildman–Crippen LogP) is 1.55. The number of hydrogen-bond donors (Lipinski definition) is 3. The third kappa shape index (κ3) is 4.69. The lowest BCUT2D eigenvalue weighted by molar-refractivity contribution is -0.903. The zero-order valence-corrected chi connectivity index (χ0v) is 15.8. The number of hydrogen-bond acceptors (Lipinski definition) is 5. The van der Waals surface area contributed by atoms with Gasteiger partial charge in [0, 0.05) is 34.8 Å². The molecule has 0 aliphatic rings. The van der Waals surface area contributed by atoms with Gasteiger partial charge in [-0.2, -0.15) is 0 Å². The van der Waals surface area contributed by atoms with Crippen molar-refractivity contribution in [2.45, 2.75) is 13.5 Å². The second-order valence-electron chi connectivity index (χ2n) is 6.51. The molecule has 146 valence electrons. The van der Waals surface area contributed by atoms with Gasteiger partial charge in [0.25, 0.3) is 5.91 Å². The van der Waals surface area contributed by atoms with Crippen LogP contribution in [0.25, 0.3) is 11.0 Å². The van der Waals surface area contributed by atoms with E-state index in [1.165, 1.54) is 12.1 Å². The van der Waals surface area contributed by atoms with E-state index in [1.54, 1.807) is 31.4 Å². The van der Waals surface area contributed by atoms with E-state index >= 15 is 0 Å². The summed E-state index contributed by atoms with van der Waals surface area (Å²) in [5, 5.41) is 13.2. The van der Waals surface area contributed by atoms with Crippen LogP contribution >= 0.6 is 0 Å². The van der Waals surface area contributed by atoms with Gasteiger partial charge in [0.05, 0.1) is 13.7 Å². The molecule has 0 saturated carbocycles. The van der Waals surface area contributed by atoms with E-state index < -0.39 is 5.63 Å². The number of ether oxygens (including phenoxy) is 1. The zero-order valence-electron chi connectivity index (χ0n) is 15.8. The summed E-state index contributed by atoms with van der Waals surface area (Å²) in [5.41, 5.74) is 1.29. The van der Waals surface area contributed by atoms with Gasteiger partial charge < -0.3 is 24.5 Å². The molecular formula is C21H23N2O5+. The zero-order chi connectivity index (χ0) is 20.1. The molecule has 1 unspecified atom stereocenters. The summed E-state index contributed by atoms with van der Waals surface area (Å²) in [5.74, 6) is 0.573. The number of nitrogens with one attached hydrogen (secondary N) is 2. The van der Waals surface area contributed by atoms with Crippen molar-refractivity contribution in [3.63, 3.8) is 0 Å². The van der Waals surface area contributed by atoms with Crippen molar-refractivity contribution < 1.29 is 24.0 Å². The lowest BCUT2D eigenvalue weighted by Gasteiger charge is -2.18. The van der Waals surface area contributed by atoms with Gasteiger partial charge in [-0.25, -0.2) is 4.79 Å². The number of phenols is 1. The number of fused-ring (bicyclic) bond motifs is 1. The topological polar surface area (TPSA) is 93.2 Å². The average molecular weight is 383 g/mol. The van der Waals surface area contributed by atoms with E-state index in [2.05, 4.69) is 5.32 Å². The summed E-state index contributed by atoms with van der Waals surface area (Å²) < 4.78 is 10.3. The van der Waals surface area contributed by atoms with E-state index in [0.717, 1.165) is 15.8 Å². The lowest BCUT2D eigenvalue weighted by atomic mass is 10.1. The molecule has 0 fully saturated rings. The van der Waals surface area contributed by atoms with Crippen molar-refractivity contribution in [3.05, 3.63) is 64.5 Å². The Morgan fingerprint density at radius 2 is 2.04 bits per heavy atom. The summed E-state index contributed by atoms with van der Waals surface area (Å²) >= 11 is 0. The van der Waals surface area contributed by atoms with Crippen LogP contribution in [-0.2, 0) is 11.3 Å². The van der Waals surface area contributed by atoms with Crippen LogP contribution < -0.4 is 20.6 Å². The van der Waals surface area contributed by atoms with E-state index in [-0.39, 0.29) is 18.2 Å². The first kappa shape index (κ1) is 19.4. The molecule has 0 spiro atoms. The fourth-order valence-corrected chi connectivity index (χ4v) is 3.08. The van der Waals surface area contributed by atoms with Crippen molar-refractivity contribution in [1.29, 1.82) is 0 Å². The highest BCUT2D eigenvalue weighted by atomic mass is 16.5. The monoisotopic (exact) mass is 383 g/mol. The molecule has 1 aromatic heterocycles. The molecule has 1 amide bonds. The molecule has 0 radical (unpaired) electrons. The second-order valence-corrected chi connectivity index (χ2v) is 6.51. The number of methoxy groups -OCH3 is 1. The number of amides is 1. The quantitative estimate of drug-likeness (QED) is 0.539. The number of rotatable bonds is 7. The van der Waals surface area contributed by atoms with Crippen molar-refractivity contribution in [2.75, 3.05) is 25.5 Å². The lowest BCUT2D eigenvalue weighted by Crippen LogP contribution is -3.11. The van der Waals surface area contributed by atoms with Crippen LogP contribution in [0.2, 0.25) is 0 Å². The highest BCUT2D eigenvalue weighted by molar-refractivity contribution is 5.91. The second kappa shape index (κ2) is 8.58. The Labute approximate surface area is 162 Å². The van der Waals surface area contributed by atoms with E-state index in [9.17, 15) is 14.7 Å². The molecule has 0 bridgehead atoms. The van der Waals surface area contributed by atoms with Gasteiger partial charge in [0.15, 0.2) is 6.54 Å². The third-order valence-corrected chi connectivity index (χ3v) is 4.52. The number of likely N-dealkylation sites (N-methyl/N-ethyl adjacent to an activating group) is 1. The van der Waals surface area contributed by atoms with Crippen LogP contribution in [-0.4, -0.2) is 31.2 Å². The van der Waals surface area contributed by atoms with E-state index in [4.69, 9.17) is 9.15 Å². The first-order valence-corrected chi connectivity index (χ1v) is 9.01. The molecule has 7 heteroatoms. The van der Waals surface area contributed by atoms with E-state index in [0.29, 0.717) is 30.1 Å². The number of phenolic OH excluding ortho intramolecular Hbond substituents is 1. The molecule has 7 nitrogen and oxygen atoms in total. The Morgan fingerprint density at radius 3 is 2.79 bits per heavy atom. The number of aromatic hydroxyl groups is 1. The normalized spacial score (nSPS) is 11.9. The summed E-state index contributed by atoms with van der Waals surface area (Å²) in [6, 6.07) is 13.3. The molecule has 3 aromatic rings. The summed E-state index contributed by atoms with van der Waals surface area (Å²) in [6.07, 6.45) is 0. The molecule has 1 heterocycles. The molecule has 0 aliphatic carbocycles. The maximum Gasteiger partial charge on any atom is 0.336 e. The Morgan fingerprint density at radius 1 is 1.21 bits per heavy atom. The van der Waals surface area contributed by atoms with Gasteiger partial charge >= 0.3 is 5.63 Å². The number of carbonyl (C=O) groups excluding carboxylic acids is 1. The van der Waals surface area contributed by atoms with Gasteiger partial charge in [-0.3, -0.25) is 4.79 Å². The van der Waals surface area contributed by atoms with Crippen LogP contribution in [0.4, 0.5) is 5.69 Å². The van der Waals surface area contributed by atoms with Gasteiger partial charge in [-0.15, -0.1) is 0 Å². The number of benzene rings is 2. The first-order valence-electron chi connectivity index (χ1n) is 9.01. The van der Waals surface area contributed by atoms with Crippen LogP contribution in [0.5, 0.6) is 11.5 Å². The van der Waals surface area contributed by atoms with Crippen molar-refractivity contribution >= 4 is 22.6 Å². The summed E-state index contributed by atoms with van der Waals surface area (Å²) in [6.45, 7) is 3.40. The number of carbonyl (C=O) groups is 1. The Kier molecular flexibility index (Phi) is 5.96. The Bertz CT molecular complexity index is 1040. The van der Waals surface area contributed by atoms with Crippen molar-refractivity contribution in [2.24, 2.45) is 0 Å². The van der Waals surface area contributed by atoms with E-state index in [1.807, 2.05) is 19.1 Å². The average Bonchev–Trinajstić information content (AvgIpc) is 2.66. The van der Waals surface area contributed by atoms with Gasteiger partial charge in [0.2, 0.25) is 0 Å². The molecule has 1 atom stereocenters. The SMILES string of the molecule is CC[NH+](CC(=O)Nc1cccc(OC)c1)Cc1cc(=O)oc2cc(O)ccc12. The molecule has 3 N–H and O–H groups in total.